The second kappa shape index (κ2) is 7.03. The molecule has 1 heterocycles. The summed E-state index contributed by atoms with van der Waals surface area (Å²) in [5.41, 5.74) is 0.215. The zero-order valence-corrected chi connectivity index (χ0v) is 14.1. The first-order valence-electron chi connectivity index (χ1n) is 7.35. The molecule has 0 bridgehead atoms. The average molecular weight is 371 g/mol. The third-order valence-corrected chi connectivity index (χ3v) is 4.75. The van der Waals surface area contributed by atoms with Gasteiger partial charge in [0.1, 0.15) is 11.9 Å². The normalized spacial score (nSPS) is 13.2. The number of halogens is 4. The molecule has 0 unspecified atom stereocenters. The van der Waals surface area contributed by atoms with Gasteiger partial charge in [0.2, 0.25) is 0 Å². The largest absolute Gasteiger partial charge is 0.486 e. The molecule has 0 saturated carbocycles. The van der Waals surface area contributed by atoms with Crippen LogP contribution < -0.4 is 4.74 Å². The lowest BCUT2D eigenvalue weighted by Crippen LogP contribution is -2.10. The molecule has 1 nitrogen and oxygen atoms in total. The van der Waals surface area contributed by atoms with Crippen molar-refractivity contribution in [2.45, 2.75) is 18.7 Å². The van der Waals surface area contributed by atoms with Gasteiger partial charge in [0.25, 0.3) is 0 Å². The van der Waals surface area contributed by atoms with Crippen LogP contribution in [-0.2, 0) is 6.18 Å². The maximum absolute atomic E-state index is 13.3. The monoisotopic (exact) mass is 370 g/mol. The SMILES string of the molecule is FC(F)(F)c1cc(O[C@H](CCCl)c2ccccc2)cc2sccc12. The van der Waals surface area contributed by atoms with Gasteiger partial charge in [-0.3, -0.25) is 0 Å². The minimum atomic E-state index is -4.42. The molecular formula is C18H14ClF3OS. The summed E-state index contributed by atoms with van der Waals surface area (Å²) in [6.45, 7) is 0. The molecule has 0 N–H and O–H groups in total. The molecule has 126 valence electrons. The van der Waals surface area contributed by atoms with Crippen molar-refractivity contribution in [3.8, 4) is 5.75 Å². The van der Waals surface area contributed by atoms with E-state index in [1.54, 1.807) is 11.4 Å². The van der Waals surface area contributed by atoms with E-state index >= 15 is 0 Å². The predicted octanol–water partition coefficient (Wildman–Crippen LogP) is 6.67. The molecule has 0 amide bonds. The van der Waals surface area contributed by atoms with Crippen LogP contribution in [0.1, 0.15) is 23.7 Å². The van der Waals surface area contributed by atoms with Crippen molar-refractivity contribution in [2.75, 3.05) is 5.88 Å². The number of hydrogen-bond donors (Lipinski definition) is 0. The van der Waals surface area contributed by atoms with Crippen LogP contribution in [0.2, 0.25) is 0 Å². The third kappa shape index (κ3) is 3.68. The second-order valence-electron chi connectivity index (χ2n) is 5.30. The highest BCUT2D eigenvalue weighted by Gasteiger charge is 2.33. The van der Waals surface area contributed by atoms with Crippen molar-refractivity contribution in [1.82, 2.24) is 0 Å². The molecule has 6 heteroatoms. The lowest BCUT2D eigenvalue weighted by atomic mass is 10.1. The Morgan fingerprint density at radius 2 is 1.83 bits per heavy atom. The minimum absolute atomic E-state index is 0.202. The number of benzene rings is 2. The highest BCUT2D eigenvalue weighted by atomic mass is 35.5. The summed E-state index contributed by atoms with van der Waals surface area (Å²) in [7, 11) is 0. The van der Waals surface area contributed by atoms with Crippen LogP contribution in [0.25, 0.3) is 10.1 Å². The van der Waals surface area contributed by atoms with Crippen LogP contribution >= 0.6 is 22.9 Å². The smallest absolute Gasteiger partial charge is 0.417 e. The minimum Gasteiger partial charge on any atom is -0.486 e. The zero-order valence-electron chi connectivity index (χ0n) is 12.5. The van der Waals surface area contributed by atoms with Gasteiger partial charge in [-0.05, 0) is 29.1 Å². The Morgan fingerprint density at radius 3 is 2.50 bits per heavy atom. The number of rotatable bonds is 5. The van der Waals surface area contributed by atoms with Gasteiger partial charge in [0.05, 0.1) is 5.56 Å². The molecule has 24 heavy (non-hydrogen) atoms. The molecule has 0 saturated heterocycles. The standard InChI is InChI=1S/C18H14ClF3OS/c19-8-6-16(12-4-2-1-3-5-12)23-13-10-15(18(20,21)22)14-7-9-24-17(14)11-13/h1-5,7,9-11,16H,6,8H2/t16-/m1/s1. The molecule has 0 aliphatic rings. The highest BCUT2D eigenvalue weighted by Crippen LogP contribution is 2.40. The Morgan fingerprint density at radius 1 is 1.08 bits per heavy atom. The molecule has 0 aliphatic carbocycles. The Balaban J connectivity index is 1.99. The van der Waals surface area contributed by atoms with E-state index in [1.165, 1.54) is 17.4 Å². The van der Waals surface area contributed by atoms with Gasteiger partial charge in [0, 0.05) is 22.4 Å². The van der Waals surface area contributed by atoms with Crippen molar-refractivity contribution in [2.24, 2.45) is 0 Å². The van der Waals surface area contributed by atoms with E-state index in [0.717, 1.165) is 11.6 Å². The number of fused-ring (bicyclic) bond motifs is 1. The van der Waals surface area contributed by atoms with Crippen LogP contribution in [0.15, 0.2) is 53.9 Å². The maximum Gasteiger partial charge on any atom is 0.417 e. The number of thiophene rings is 1. The molecule has 3 aromatic rings. The first-order chi connectivity index (χ1) is 11.5. The topological polar surface area (TPSA) is 9.23 Å². The van der Waals surface area contributed by atoms with E-state index in [9.17, 15) is 13.2 Å². The van der Waals surface area contributed by atoms with Crippen LogP contribution in [0.5, 0.6) is 5.75 Å². The molecule has 1 aromatic heterocycles. The van der Waals surface area contributed by atoms with Gasteiger partial charge in [-0.25, -0.2) is 0 Å². The van der Waals surface area contributed by atoms with E-state index in [-0.39, 0.29) is 17.2 Å². The van der Waals surface area contributed by atoms with Crippen molar-refractivity contribution >= 4 is 33.0 Å². The number of ether oxygens (including phenoxy) is 1. The highest BCUT2D eigenvalue weighted by molar-refractivity contribution is 7.17. The van der Waals surface area contributed by atoms with E-state index in [0.29, 0.717) is 17.0 Å². The summed E-state index contributed by atoms with van der Waals surface area (Å²) in [5, 5.41) is 1.85. The molecule has 3 rings (SSSR count). The molecule has 1 atom stereocenters. The number of hydrogen-bond acceptors (Lipinski definition) is 2. The van der Waals surface area contributed by atoms with E-state index in [2.05, 4.69) is 0 Å². The quantitative estimate of drug-likeness (QED) is 0.456. The number of alkyl halides is 4. The summed E-state index contributed by atoms with van der Waals surface area (Å²) >= 11 is 7.10. The van der Waals surface area contributed by atoms with Gasteiger partial charge in [0.15, 0.2) is 0 Å². The first-order valence-corrected chi connectivity index (χ1v) is 8.76. The van der Waals surface area contributed by atoms with Crippen LogP contribution in [0, 0.1) is 0 Å². The summed E-state index contributed by atoms with van der Waals surface area (Å²) < 4.78 is 46.4. The third-order valence-electron chi connectivity index (χ3n) is 3.67. The summed E-state index contributed by atoms with van der Waals surface area (Å²) in [4.78, 5) is 0. The second-order valence-corrected chi connectivity index (χ2v) is 6.62. The van der Waals surface area contributed by atoms with Gasteiger partial charge >= 0.3 is 6.18 Å². The molecule has 0 radical (unpaired) electrons. The Hall–Kier alpha value is -1.72. The van der Waals surface area contributed by atoms with Crippen molar-refractivity contribution in [3.05, 3.63) is 65.0 Å². The van der Waals surface area contributed by atoms with Crippen molar-refractivity contribution in [1.29, 1.82) is 0 Å². The van der Waals surface area contributed by atoms with Gasteiger partial charge < -0.3 is 4.74 Å². The lowest BCUT2D eigenvalue weighted by Gasteiger charge is -2.20. The fraction of sp³-hybridized carbons (Fsp3) is 0.222. The van der Waals surface area contributed by atoms with Crippen molar-refractivity contribution in [3.63, 3.8) is 0 Å². The van der Waals surface area contributed by atoms with E-state index in [4.69, 9.17) is 16.3 Å². The zero-order chi connectivity index (χ0) is 17.2. The maximum atomic E-state index is 13.3. The summed E-state index contributed by atoms with van der Waals surface area (Å²) in [5.74, 6) is 0.559. The van der Waals surface area contributed by atoms with Gasteiger partial charge in [-0.2, -0.15) is 13.2 Å². The van der Waals surface area contributed by atoms with E-state index < -0.39 is 11.7 Å². The Kier molecular flexibility index (Phi) is 5.01. The first kappa shape index (κ1) is 17.1. The van der Waals surface area contributed by atoms with Crippen LogP contribution in [0.4, 0.5) is 13.2 Å². The summed E-state index contributed by atoms with van der Waals surface area (Å²) in [6, 6.07) is 13.6. The molecule has 0 spiro atoms. The van der Waals surface area contributed by atoms with E-state index in [1.807, 2.05) is 30.3 Å². The Bertz CT molecular complexity index is 814. The molecule has 2 aromatic carbocycles. The fourth-order valence-corrected chi connectivity index (χ4v) is 3.61. The average Bonchev–Trinajstić information content (AvgIpc) is 3.02. The van der Waals surface area contributed by atoms with Gasteiger partial charge in [-0.15, -0.1) is 22.9 Å². The molecule has 0 aliphatic heterocycles. The molecule has 0 fully saturated rings. The molecular weight excluding hydrogens is 357 g/mol. The van der Waals surface area contributed by atoms with Crippen LogP contribution in [0.3, 0.4) is 0 Å². The summed E-state index contributed by atoms with van der Waals surface area (Å²) in [6.07, 6.45) is -4.30. The lowest BCUT2D eigenvalue weighted by molar-refractivity contribution is -0.136. The van der Waals surface area contributed by atoms with Crippen molar-refractivity contribution < 1.29 is 17.9 Å². The fourth-order valence-electron chi connectivity index (χ4n) is 2.57. The predicted molar refractivity (Wildman–Crippen MR) is 92.0 cm³/mol. The Labute approximate surface area is 146 Å². The van der Waals surface area contributed by atoms with Gasteiger partial charge in [-0.1, -0.05) is 30.3 Å². The van der Waals surface area contributed by atoms with Crippen LogP contribution in [-0.4, -0.2) is 5.88 Å².